The van der Waals surface area contributed by atoms with E-state index in [1.165, 1.54) is 25.7 Å². The maximum absolute atomic E-state index is 9.57. The Morgan fingerprint density at radius 3 is 1.73 bits per heavy atom. The summed E-state index contributed by atoms with van der Waals surface area (Å²) in [6.45, 7) is 4.47. The SMILES string of the molecule is CC(C)C(O)CCCCCCCCCO. The molecule has 0 heterocycles. The van der Waals surface area contributed by atoms with Crippen molar-refractivity contribution >= 4 is 0 Å². The average molecular weight is 216 g/mol. The van der Waals surface area contributed by atoms with E-state index < -0.39 is 0 Å². The fourth-order valence-corrected chi connectivity index (χ4v) is 1.68. The van der Waals surface area contributed by atoms with Crippen molar-refractivity contribution in [2.45, 2.75) is 71.3 Å². The molecule has 2 nitrogen and oxygen atoms in total. The zero-order chi connectivity index (χ0) is 11.5. The first-order valence-corrected chi connectivity index (χ1v) is 6.47. The summed E-state index contributed by atoms with van der Waals surface area (Å²) in [5, 5.41) is 18.2. The van der Waals surface area contributed by atoms with Gasteiger partial charge in [-0.3, -0.25) is 0 Å². The second-order valence-corrected chi connectivity index (χ2v) is 4.80. The molecular weight excluding hydrogens is 188 g/mol. The predicted octanol–water partition coefficient (Wildman–Crippen LogP) is 3.12. The van der Waals surface area contributed by atoms with E-state index >= 15 is 0 Å². The van der Waals surface area contributed by atoms with Gasteiger partial charge in [0.2, 0.25) is 0 Å². The molecule has 2 N–H and O–H groups in total. The van der Waals surface area contributed by atoms with Gasteiger partial charge < -0.3 is 10.2 Å². The van der Waals surface area contributed by atoms with Gasteiger partial charge in [-0.1, -0.05) is 52.4 Å². The molecule has 0 rings (SSSR count). The lowest BCUT2D eigenvalue weighted by molar-refractivity contribution is 0.113. The standard InChI is InChI=1S/C13H28O2/c1-12(2)13(15)10-8-6-4-3-5-7-9-11-14/h12-15H,3-11H2,1-2H3. The highest BCUT2D eigenvalue weighted by atomic mass is 16.3. The minimum Gasteiger partial charge on any atom is -0.396 e. The van der Waals surface area contributed by atoms with Crippen molar-refractivity contribution in [1.29, 1.82) is 0 Å². The molecule has 0 aliphatic carbocycles. The third-order valence-corrected chi connectivity index (χ3v) is 2.93. The van der Waals surface area contributed by atoms with E-state index in [1.807, 2.05) is 0 Å². The summed E-state index contributed by atoms with van der Waals surface area (Å²) in [5.74, 6) is 0.398. The van der Waals surface area contributed by atoms with E-state index in [0.717, 1.165) is 25.7 Å². The molecule has 2 heteroatoms. The third kappa shape index (κ3) is 10.2. The van der Waals surface area contributed by atoms with Gasteiger partial charge in [0.15, 0.2) is 0 Å². The van der Waals surface area contributed by atoms with E-state index in [0.29, 0.717) is 12.5 Å². The molecule has 15 heavy (non-hydrogen) atoms. The molecule has 0 fully saturated rings. The maximum atomic E-state index is 9.57. The summed E-state index contributed by atoms with van der Waals surface area (Å²) in [7, 11) is 0. The molecule has 0 spiro atoms. The molecule has 1 atom stereocenters. The zero-order valence-electron chi connectivity index (χ0n) is 10.4. The molecular formula is C13H28O2. The van der Waals surface area contributed by atoms with Crippen LogP contribution in [0.1, 0.15) is 65.2 Å². The number of hydrogen-bond donors (Lipinski definition) is 2. The predicted molar refractivity (Wildman–Crippen MR) is 64.9 cm³/mol. The Morgan fingerprint density at radius 2 is 1.27 bits per heavy atom. The molecule has 1 unspecified atom stereocenters. The minimum atomic E-state index is -0.112. The first-order valence-electron chi connectivity index (χ1n) is 6.47. The number of aliphatic hydroxyl groups is 2. The smallest absolute Gasteiger partial charge is 0.0563 e. The van der Waals surface area contributed by atoms with Gasteiger partial charge in [-0.25, -0.2) is 0 Å². The first kappa shape index (κ1) is 14.9. The topological polar surface area (TPSA) is 40.5 Å². The second kappa shape index (κ2) is 10.4. The maximum Gasteiger partial charge on any atom is 0.0563 e. The van der Waals surface area contributed by atoms with Crippen molar-refractivity contribution in [1.82, 2.24) is 0 Å². The molecule has 92 valence electrons. The summed E-state index contributed by atoms with van der Waals surface area (Å²) < 4.78 is 0. The minimum absolute atomic E-state index is 0.112. The van der Waals surface area contributed by atoms with Crippen LogP contribution in [0.25, 0.3) is 0 Å². The van der Waals surface area contributed by atoms with Crippen LogP contribution in [0.3, 0.4) is 0 Å². The Balaban J connectivity index is 3.05. The Morgan fingerprint density at radius 1 is 0.800 bits per heavy atom. The van der Waals surface area contributed by atoms with Crippen molar-refractivity contribution in [2.75, 3.05) is 6.61 Å². The normalized spacial score (nSPS) is 13.4. The van der Waals surface area contributed by atoms with Crippen molar-refractivity contribution in [3.63, 3.8) is 0 Å². The van der Waals surface area contributed by atoms with Crippen LogP contribution in [0.4, 0.5) is 0 Å². The first-order chi connectivity index (χ1) is 7.18. The monoisotopic (exact) mass is 216 g/mol. The lowest BCUT2D eigenvalue weighted by Gasteiger charge is -2.13. The van der Waals surface area contributed by atoms with Crippen LogP contribution in [0.2, 0.25) is 0 Å². The average Bonchev–Trinajstić information content (AvgIpc) is 2.21. The van der Waals surface area contributed by atoms with Gasteiger partial charge in [-0.05, 0) is 18.8 Å². The van der Waals surface area contributed by atoms with Gasteiger partial charge in [0.05, 0.1) is 6.10 Å². The molecule has 0 aromatic carbocycles. The van der Waals surface area contributed by atoms with Crippen LogP contribution in [0, 0.1) is 5.92 Å². The van der Waals surface area contributed by atoms with Gasteiger partial charge in [-0.15, -0.1) is 0 Å². The van der Waals surface area contributed by atoms with E-state index in [9.17, 15) is 5.11 Å². The van der Waals surface area contributed by atoms with Crippen molar-refractivity contribution in [2.24, 2.45) is 5.92 Å². The summed E-state index contributed by atoms with van der Waals surface area (Å²) in [5.41, 5.74) is 0. The second-order valence-electron chi connectivity index (χ2n) is 4.80. The summed E-state index contributed by atoms with van der Waals surface area (Å²) in [6, 6.07) is 0. The quantitative estimate of drug-likeness (QED) is 0.551. The number of aliphatic hydroxyl groups excluding tert-OH is 2. The fourth-order valence-electron chi connectivity index (χ4n) is 1.68. The van der Waals surface area contributed by atoms with E-state index in [-0.39, 0.29) is 6.10 Å². The Hall–Kier alpha value is -0.0800. The fraction of sp³-hybridized carbons (Fsp3) is 1.00. The van der Waals surface area contributed by atoms with Gasteiger partial charge >= 0.3 is 0 Å². The summed E-state index contributed by atoms with van der Waals surface area (Å²) >= 11 is 0. The zero-order valence-corrected chi connectivity index (χ0v) is 10.4. The highest BCUT2D eigenvalue weighted by Gasteiger charge is 2.07. The van der Waals surface area contributed by atoms with Gasteiger partial charge in [0, 0.05) is 6.61 Å². The third-order valence-electron chi connectivity index (χ3n) is 2.93. The van der Waals surface area contributed by atoms with Crippen molar-refractivity contribution < 1.29 is 10.2 Å². The van der Waals surface area contributed by atoms with E-state index in [1.54, 1.807) is 0 Å². The van der Waals surface area contributed by atoms with Crippen LogP contribution >= 0.6 is 0 Å². The van der Waals surface area contributed by atoms with Crippen molar-refractivity contribution in [3.8, 4) is 0 Å². The Kier molecular flexibility index (Phi) is 10.4. The molecule has 0 aromatic heterocycles. The number of rotatable bonds is 10. The Labute approximate surface area is 94.7 Å². The molecule has 0 radical (unpaired) electrons. The van der Waals surface area contributed by atoms with E-state index in [4.69, 9.17) is 5.11 Å². The van der Waals surface area contributed by atoms with Crippen LogP contribution < -0.4 is 0 Å². The van der Waals surface area contributed by atoms with Crippen LogP contribution in [0.15, 0.2) is 0 Å². The molecule has 0 saturated carbocycles. The lowest BCUT2D eigenvalue weighted by Crippen LogP contribution is -2.13. The largest absolute Gasteiger partial charge is 0.396 e. The van der Waals surface area contributed by atoms with Crippen molar-refractivity contribution in [3.05, 3.63) is 0 Å². The van der Waals surface area contributed by atoms with E-state index in [2.05, 4.69) is 13.8 Å². The molecule has 0 bridgehead atoms. The van der Waals surface area contributed by atoms with Crippen LogP contribution in [0.5, 0.6) is 0 Å². The summed E-state index contributed by atoms with van der Waals surface area (Å²) in [4.78, 5) is 0. The highest BCUT2D eigenvalue weighted by Crippen LogP contribution is 2.13. The molecule has 0 saturated heterocycles. The molecule has 0 amide bonds. The lowest BCUT2D eigenvalue weighted by atomic mass is 10.00. The van der Waals surface area contributed by atoms with Gasteiger partial charge in [-0.2, -0.15) is 0 Å². The number of hydrogen-bond acceptors (Lipinski definition) is 2. The molecule has 0 aliphatic heterocycles. The summed E-state index contributed by atoms with van der Waals surface area (Å²) in [6.07, 6.45) is 9.13. The Bertz CT molecular complexity index is 124. The van der Waals surface area contributed by atoms with Crippen LogP contribution in [-0.4, -0.2) is 22.9 Å². The van der Waals surface area contributed by atoms with Gasteiger partial charge in [0.25, 0.3) is 0 Å². The van der Waals surface area contributed by atoms with Crippen LogP contribution in [-0.2, 0) is 0 Å². The molecule has 0 aromatic rings. The highest BCUT2D eigenvalue weighted by molar-refractivity contribution is 4.59. The van der Waals surface area contributed by atoms with Gasteiger partial charge in [0.1, 0.15) is 0 Å². The number of unbranched alkanes of at least 4 members (excludes halogenated alkanes) is 6. The molecule has 0 aliphatic rings.